The van der Waals surface area contributed by atoms with E-state index < -0.39 is 6.80 Å². The SMILES string of the molecule is FCn1ccnc1-c1ccccc1. The zero-order valence-corrected chi connectivity index (χ0v) is 7.02. The third-order valence-corrected chi connectivity index (χ3v) is 1.88. The van der Waals surface area contributed by atoms with E-state index in [1.807, 2.05) is 30.3 Å². The van der Waals surface area contributed by atoms with Crippen LogP contribution >= 0.6 is 0 Å². The molecule has 1 aromatic carbocycles. The molecule has 0 bridgehead atoms. The van der Waals surface area contributed by atoms with Gasteiger partial charge in [-0.15, -0.1) is 0 Å². The first kappa shape index (κ1) is 7.98. The number of aromatic nitrogens is 2. The van der Waals surface area contributed by atoms with Gasteiger partial charge in [-0.2, -0.15) is 0 Å². The van der Waals surface area contributed by atoms with Crippen molar-refractivity contribution in [3.05, 3.63) is 42.7 Å². The van der Waals surface area contributed by atoms with E-state index in [-0.39, 0.29) is 0 Å². The fraction of sp³-hybridized carbons (Fsp3) is 0.100. The molecule has 2 nitrogen and oxygen atoms in total. The van der Waals surface area contributed by atoms with E-state index in [0.717, 1.165) is 5.56 Å². The van der Waals surface area contributed by atoms with Gasteiger partial charge in [0.2, 0.25) is 0 Å². The predicted octanol–water partition coefficient (Wildman–Crippen LogP) is 2.48. The van der Waals surface area contributed by atoms with Crippen molar-refractivity contribution >= 4 is 0 Å². The van der Waals surface area contributed by atoms with Crippen molar-refractivity contribution in [2.24, 2.45) is 0 Å². The third kappa shape index (κ3) is 1.45. The molecule has 0 fully saturated rings. The summed E-state index contributed by atoms with van der Waals surface area (Å²) in [6, 6.07) is 9.56. The quantitative estimate of drug-likeness (QED) is 0.687. The molecule has 1 aromatic heterocycles. The maximum atomic E-state index is 12.4. The van der Waals surface area contributed by atoms with Crippen LogP contribution in [0.5, 0.6) is 0 Å². The highest BCUT2D eigenvalue weighted by Gasteiger charge is 2.03. The number of halogens is 1. The van der Waals surface area contributed by atoms with Crippen molar-refractivity contribution in [2.45, 2.75) is 6.80 Å². The number of benzene rings is 1. The minimum Gasteiger partial charge on any atom is -0.302 e. The van der Waals surface area contributed by atoms with Gasteiger partial charge < -0.3 is 4.57 Å². The predicted molar refractivity (Wildman–Crippen MR) is 48.8 cm³/mol. The van der Waals surface area contributed by atoms with Gasteiger partial charge in [0.25, 0.3) is 0 Å². The molecular weight excluding hydrogens is 167 g/mol. The van der Waals surface area contributed by atoms with Crippen LogP contribution in [0.4, 0.5) is 4.39 Å². The lowest BCUT2D eigenvalue weighted by molar-refractivity contribution is 0.380. The van der Waals surface area contributed by atoms with Crippen molar-refractivity contribution in [2.75, 3.05) is 0 Å². The molecule has 1 heterocycles. The molecule has 0 unspecified atom stereocenters. The average Bonchev–Trinajstić information content (AvgIpc) is 2.67. The van der Waals surface area contributed by atoms with Gasteiger partial charge >= 0.3 is 0 Å². The molecule has 0 aliphatic rings. The molecule has 0 aliphatic heterocycles. The van der Waals surface area contributed by atoms with Crippen LogP contribution in [-0.2, 0) is 6.80 Å². The van der Waals surface area contributed by atoms with Crippen LogP contribution in [0.2, 0.25) is 0 Å². The number of hydrogen-bond acceptors (Lipinski definition) is 1. The monoisotopic (exact) mass is 176 g/mol. The Morgan fingerprint density at radius 1 is 1.23 bits per heavy atom. The van der Waals surface area contributed by atoms with Crippen molar-refractivity contribution in [3.63, 3.8) is 0 Å². The number of imidazole rings is 1. The zero-order valence-electron chi connectivity index (χ0n) is 7.02. The molecule has 2 rings (SSSR count). The maximum Gasteiger partial charge on any atom is 0.166 e. The Morgan fingerprint density at radius 2 is 2.00 bits per heavy atom. The van der Waals surface area contributed by atoms with Crippen LogP contribution in [0.3, 0.4) is 0 Å². The fourth-order valence-corrected chi connectivity index (χ4v) is 1.25. The summed E-state index contributed by atoms with van der Waals surface area (Å²) in [6.07, 6.45) is 3.23. The Hall–Kier alpha value is -1.64. The summed E-state index contributed by atoms with van der Waals surface area (Å²) >= 11 is 0. The molecule has 0 aliphatic carbocycles. The van der Waals surface area contributed by atoms with Gasteiger partial charge in [0.1, 0.15) is 5.82 Å². The van der Waals surface area contributed by atoms with Gasteiger partial charge in [-0.3, -0.25) is 0 Å². The van der Waals surface area contributed by atoms with Crippen molar-refractivity contribution in [1.82, 2.24) is 9.55 Å². The van der Waals surface area contributed by atoms with Gasteiger partial charge in [0.15, 0.2) is 6.80 Å². The summed E-state index contributed by atoms with van der Waals surface area (Å²) in [7, 11) is 0. The summed E-state index contributed by atoms with van der Waals surface area (Å²) in [4.78, 5) is 4.08. The highest BCUT2D eigenvalue weighted by Crippen LogP contribution is 2.16. The lowest BCUT2D eigenvalue weighted by Gasteiger charge is -2.01. The Balaban J connectivity index is 2.47. The van der Waals surface area contributed by atoms with Crippen LogP contribution in [0.25, 0.3) is 11.4 Å². The second kappa shape index (κ2) is 3.39. The van der Waals surface area contributed by atoms with Crippen molar-refractivity contribution in [1.29, 1.82) is 0 Å². The van der Waals surface area contributed by atoms with E-state index in [1.54, 1.807) is 12.4 Å². The first-order chi connectivity index (χ1) is 6.42. The second-order valence-electron chi connectivity index (χ2n) is 2.71. The lowest BCUT2D eigenvalue weighted by Crippen LogP contribution is -1.94. The molecule has 0 saturated heterocycles. The van der Waals surface area contributed by atoms with Crippen LogP contribution in [0.15, 0.2) is 42.7 Å². The Bertz CT molecular complexity index is 381. The standard InChI is InChI=1S/C10H9FN2/c11-8-13-7-6-12-10(13)9-4-2-1-3-5-9/h1-7H,8H2. The topological polar surface area (TPSA) is 17.8 Å². The molecule has 0 saturated carbocycles. The molecule has 0 amide bonds. The Morgan fingerprint density at radius 3 is 2.69 bits per heavy atom. The molecule has 13 heavy (non-hydrogen) atoms. The highest BCUT2D eigenvalue weighted by molar-refractivity contribution is 5.54. The lowest BCUT2D eigenvalue weighted by atomic mass is 10.2. The zero-order chi connectivity index (χ0) is 9.10. The van der Waals surface area contributed by atoms with Gasteiger partial charge in [-0.25, -0.2) is 9.37 Å². The van der Waals surface area contributed by atoms with Crippen LogP contribution in [0, 0.1) is 0 Å². The normalized spacial score (nSPS) is 10.2. The van der Waals surface area contributed by atoms with Crippen LogP contribution in [0.1, 0.15) is 0 Å². The Kier molecular flexibility index (Phi) is 2.08. The minimum atomic E-state index is -0.537. The fourth-order valence-electron chi connectivity index (χ4n) is 1.25. The summed E-state index contributed by atoms with van der Waals surface area (Å²) < 4.78 is 13.9. The van der Waals surface area contributed by atoms with E-state index >= 15 is 0 Å². The van der Waals surface area contributed by atoms with E-state index in [1.165, 1.54) is 4.57 Å². The molecule has 0 radical (unpaired) electrons. The van der Waals surface area contributed by atoms with Gasteiger partial charge in [-0.05, 0) is 0 Å². The largest absolute Gasteiger partial charge is 0.302 e. The summed E-state index contributed by atoms with van der Waals surface area (Å²) in [5.41, 5.74) is 0.935. The highest BCUT2D eigenvalue weighted by atomic mass is 19.1. The molecule has 0 N–H and O–H groups in total. The number of alkyl halides is 1. The van der Waals surface area contributed by atoms with E-state index in [4.69, 9.17) is 0 Å². The van der Waals surface area contributed by atoms with Crippen molar-refractivity contribution < 1.29 is 4.39 Å². The second-order valence-corrected chi connectivity index (χ2v) is 2.71. The molecule has 66 valence electrons. The summed E-state index contributed by atoms with van der Waals surface area (Å²) in [5, 5.41) is 0. The van der Waals surface area contributed by atoms with Crippen LogP contribution in [-0.4, -0.2) is 9.55 Å². The Labute approximate surface area is 75.7 Å². The smallest absolute Gasteiger partial charge is 0.166 e. The van der Waals surface area contributed by atoms with E-state index in [9.17, 15) is 4.39 Å². The first-order valence-corrected chi connectivity index (χ1v) is 4.04. The van der Waals surface area contributed by atoms with E-state index in [0.29, 0.717) is 5.82 Å². The third-order valence-electron chi connectivity index (χ3n) is 1.88. The molecule has 0 atom stereocenters. The van der Waals surface area contributed by atoms with Crippen molar-refractivity contribution in [3.8, 4) is 11.4 Å². The number of hydrogen-bond donors (Lipinski definition) is 0. The number of nitrogens with zero attached hydrogens (tertiary/aromatic N) is 2. The summed E-state index contributed by atoms with van der Waals surface area (Å²) in [5.74, 6) is 0.670. The summed E-state index contributed by atoms with van der Waals surface area (Å²) in [6.45, 7) is -0.537. The number of rotatable bonds is 2. The molecule has 2 aromatic rings. The van der Waals surface area contributed by atoms with Crippen LogP contribution < -0.4 is 0 Å². The van der Waals surface area contributed by atoms with E-state index in [2.05, 4.69) is 4.98 Å². The van der Waals surface area contributed by atoms with Gasteiger partial charge in [0, 0.05) is 18.0 Å². The maximum absolute atomic E-state index is 12.4. The average molecular weight is 176 g/mol. The first-order valence-electron chi connectivity index (χ1n) is 4.04. The molecule has 3 heteroatoms. The van der Waals surface area contributed by atoms with Gasteiger partial charge in [0.05, 0.1) is 0 Å². The minimum absolute atomic E-state index is 0.537. The molecule has 0 spiro atoms. The van der Waals surface area contributed by atoms with Gasteiger partial charge in [-0.1, -0.05) is 30.3 Å². The molecular formula is C10H9FN2.